The molecule has 1 aromatic heterocycles. The van der Waals surface area contributed by atoms with E-state index in [4.69, 9.17) is 4.74 Å². The van der Waals surface area contributed by atoms with Crippen LogP contribution in [0.15, 0.2) is 30.3 Å². The van der Waals surface area contributed by atoms with Gasteiger partial charge in [-0.1, -0.05) is 41.7 Å². The highest BCUT2D eigenvalue weighted by molar-refractivity contribution is 7.19. The van der Waals surface area contributed by atoms with Gasteiger partial charge >= 0.3 is 0 Å². The van der Waals surface area contributed by atoms with Crippen molar-refractivity contribution in [3.63, 3.8) is 0 Å². The number of aromatic nitrogens is 1. The molecule has 0 saturated carbocycles. The number of carbonyl (C=O) groups excluding carboxylic acids is 1. The molecule has 1 N–H and O–H groups in total. The van der Waals surface area contributed by atoms with Crippen LogP contribution in [0.4, 0.5) is 5.13 Å². The van der Waals surface area contributed by atoms with Crippen LogP contribution in [0.3, 0.4) is 0 Å². The third kappa shape index (κ3) is 2.94. The fourth-order valence-corrected chi connectivity index (χ4v) is 2.58. The molecule has 0 unspecified atom stereocenters. The van der Waals surface area contributed by atoms with Gasteiger partial charge in [0.15, 0.2) is 5.13 Å². The van der Waals surface area contributed by atoms with Crippen molar-refractivity contribution in [3.05, 3.63) is 36.0 Å². The molecule has 1 aromatic carbocycles. The van der Waals surface area contributed by atoms with E-state index in [-0.39, 0.29) is 12.5 Å². The van der Waals surface area contributed by atoms with Crippen molar-refractivity contribution < 1.29 is 9.53 Å². The van der Waals surface area contributed by atoms with E-state index in [1.54, 1.807) is 0 Å². The van der Waals surface area contributed by atoms with Gasteiger partial charge in [0.25, 0.3) is 5.91 Å². The summed E-state index contributed by atoms with van der Waals surface area (Å²) in [5, 5.41) is 3.32. The third-order valence-electron chi connectivity index (χ3n) is 2.35. The molecule has 0 saturated heterocycles. The molecule has 0 fully saturated rings. The normalized spacial score (nSPS) is 10.3. The van der Waals surface area contributed by atoms with Crippen LogP contribution in [-0.4, -0.2) is 24.6 Å². The highest BCUT2D eigenvalue weighted by Gasteiger charge is 2.11. The summed E-state index contributed by atoms with van der Waals surface area (Å²) in [7, 11) is 1.49. The molecule has 0 bridgehead atoms. The van der Waals surface area contributed by atoms with Gasteiger partial charge in [-0.25, -0.2) is 4.98 Å². The summed E-state index contributed by atoms with van der Waals surface area (Å²) in [5.41, 5.74) is 2.03. The maximum absolute atomic E-state index is 11.4. The Labute approximate surface area is 110 Å². The van der Waals surface area contributed by atoms with E-state index in [0.717, 1.165) is 16.1 Å². The van der Waals surface area contributed by atoms with Gasteiger partial charge in [-0.05, 0) is 12.5 Å². The van der Waals surface area contributed by atoms with Crippen molar-refractivity contribution in [2.24, 2.45) is 0 Å². The quantitative estimate of drug-likeness (QED) is 0.921. The molecule has 94 valence electrons. The fraction of sp³-hybridized carbons (Fsp3) is 0.231. The number of thiazole rings is 1. The van der Waals surface area contributed by atoms with Gasteiger partial charge in [-0.2, -0.15) is 0 Å². The Morgan fingerprint density at radius 2 is 2.11 bits per heavy atom. The molecule has 2 rings (SSSR count). The van der Waals surface area contributed by atoms with E-state index in [1.807, 2.05) is 37.3 Å². The summed E-state index contributed by atoms with van der Waals surface area (Å²) in [6.07, 6.45) is 0. The highest BCUT2D eigenvalue weighted by Crippen LogP contribution is 2.32. The first-order chi connectivity index (χ1) is 8.70. The lowest BCUT2D eigenvalue weighted by atomic mass is 10.2. The molecule has 0 aliphatic heterocycles. The molecule has 1 heterocycles. The summed E-state index contributed by atoms with van der Waals surface area (Å²) < 4.78 is 4.76. The Morgan fingerprint density at radius 3 is 2.78 bits per heavy atom. The van der Waals surface area contributed by atoms with Crippen molar-refractivity contribution in [1.82, 2.24) is 4.98 Å². The zero-order chi connectivity index (χ0) is 13.0. The number of anilines is 1. The number of rotatable bonds is 4. The van der Waals surface area contributed by atoms with Crippen LogP contribution >= 0.6 is 11.3 Å². The van der Waals surface area contributed by atoms with Crippen molar-refractivity contribution in [2.75, 3.05) is 19.0 Å². The lowest BCUT2D eigenvalue weighted by Gasteiger charge is -1.98. The molecule has 0 aliphatic carbocycles. The van der Waals surface area contributed by atoms with E-state index < -0.39 is 0 Å². The number of benzene rings is 1. The van der Waals surface area contributed by atoms with Crippen LogP contribution in [-0.2, 0) is 9.53 Å². The van der Waals surface area contributed by atoms with Gasteiger partial charge < -0.3 is 4.74 Å². The molecule has 0 radical (unpaired) electrons. The minimum absolute atomic E-state index is 0.0410. The van der Waals surface area contributed by atoms with Crippen LogP contribution in [0, 0.1) is 6.92 Å². The van der Waals surface area contributed by atoms with Crippen molar-refractivity contribution in [3.8, 4) is 10.4 Å². The largest absolute Gasteiger partial charge is 0.375 e. The molecule has 0 spiro atoms. The predicted octanol–water partition coefficient (Wildman–Crippen LogP) is 2.70. The topological polar surface area (TPSA) is 51.2 Å². The number of amides is 1. The van der Waals surface area contributed by atoms with Crippen LogP contribution in [0.1, 0.15) is 5.69 Å². The molecule has 1 amide bonds. The summed E-state index contributed by atoms with van der Waals surface area (Å²) in [4.78, 5) is 16.8. The van der Waals surface area contributed by atoms with E-state index in [2.05, 4.69) is 10.3 Å². The van der Waals surface area contributed by atoms with Gasteiger partial charge in [-0.3, -0.25) is 10.1 Å². The van der Waals surface area contributed by atoms with Gasteiger partial charge in [0.05, 0.1) is 10.6 Å². The molecule has 4 nitrogen and oxygen atoms in total. The Bertz CT molecular complexity index is 537. The van der Waals surface area contributed by atoms with Gasteiger partial charge in [-0.15, -0.1) is 0 Å². The summed E-state index contributed by atoms with van der Waals surface area (Å²) in [5.74, 6) is -0.189. The fourth-order valence-electron chi connectivity index (χ4n) is 1.59. The van der Waals surface area contributed by atoms with Crippen LogP contribution in [0.5, 0.6) is 0 Å². The Balaban J connectivity index is 2.20. The van der Waals surface area contributed by atoms with E-state index in [0.29, 0.717) is 5.13 Å². The lowest BCUT2D eigenvalue weighted by molar-refractivity contribution is -0.119. The minimum Gasteiger partial charge on any atom is -0.375 e. The van der Waals surface area contributed by atoms with E-state index in [1.165, 1.54) is 18.4 Å². The molecule has 18 heavy (non-hydrogen) atoms. The number of ether oxygens (including phenoxy) is 1. The predicted molar refractivity (Wildman–Crippen MR) is 72.8 cm³/mol. The maximum atomic E-state index is 11.4. The zero-order valence-electron chi connectivity index (χ0n) is 10.3. The first-order valence-electron chi connectivity index (χ1n) is 5.52. The molecular formula is C13H14N2O2S. The number of methoxy groups -OCH3 is 1. The number of nitrogens with one attached hydrogen (secondary N) is 1. The average Bonchev–Trinajstić information content (AvgIpc) is 2.71. The zero-order valence-corrected chi connectivity index (χ0v) is 11.1. The van der Waals surface area contributed by atoms with Crippen molar-refractivity contribution in [2.45, 2.75) is 6.92 Å². The maximum Gasteiger partial charge on any atom is 0.252 e. The number of hydrogen-bond acceptors (Lipinski definition) is 4. The van der Waals surface area contributed by atoms with Gasteiger partial charge in [0, 0.05) is 7.11 Å². The number of hydrogen-bond donors (Lipinski definition) is 1. The Morgan fingerprint density at radius 1 is 1.39 bits per heavy atom. The SMILES string of the molecule is COCC(=O)Nc1nc(C)c(-c2ccccc2)s1. The van der Waals surface area contributed by atoms with Crippen LogP contribution in [0.2, 0.25) is 0 Å². The van der Waals surface area contributed by atoms with E-state index in [9.17, 15) is 4.79 Å². The van der Waals surface area contributed by atoms with Gasteiger partial charge in [0.1, 0.15) is 6.61 Å². The molecule has 2 aromatic rings. The third-order valence-corrected chi connectivity index (χ3v) is 3.48. The summed E-state index contributed by atoms with van der Waals surface area (Å²) in [6, 6.07) is 10.00. The first kappa shape index (κ1) is 12.7. The minimum atomic E-state index is -0.189. The smallest absolute Gasteiger partial charge is 0.252 e. The van der Waals surface area contributed by atoms with Gasteiger partial charge in [0.2, 0.25) is 0 Å². The summed E-state index contributed by atoms with van der Waals surface area (Å²) in [6.45, 7) is 1.98. The second-order valence-electron chi connectivity index (χ2n) is 3.78. The Kier molecular flexibility index (Phi) is 4.07. The molecular weight excluding hydrogens is 248 g/mol. The molecule has 0 atom stereocenters. The lowest BCUT2D eigenvalue weighted by Crippen LogP contribution is -2.16. The van der Waals surface area contributed by atoms with E-state index >= 15 is 0 Å². The molecule has 5 heteroatoms. The summed E-state index contributed by atoms with van der Waals surface area (Å²) >= 11 is 1.47. The second-order valence-corrected chi connectivity index (χ2v) is 4.78. The monoisotopic (exact) mass is 262 g/mol. The number of carbonyl (C=O) groups is 1. The molecule has 0 aliphatic rings. The van der Waals surface area contributed by atoms with Crippen molar-refractivity contribution >= 4 is 22.4 Å². The number of nitrogens with zero attached hydrogens (tertiary/aromatic N) is 1. The second kappa shape index (κ2) is 5.75. The van der Waals surface area contributed by atoms with Crippen molar-refractivity contribution in [1.29, 1.82) is 0 Å². The standard InChI is InChI=1S/C13H14N2O2S/c1-9-12(10-6-4-3-5-7-10)18-13(14-9)15-11(16)8-17-2/h3-7H,8H2,1-2H3,(H,14,15,16). The highest BCUT2D eigenvalue weighted by atomic mass is 32.1. The van der Waals surface area contributed by atoms with Crippen LogP contribution < -0.4 is 5.32 Å². The average molecular weight is 262 g/mol. The number of aryl methyl sites for hydroxylation is 1. The Hall–Kier alpha value is -1.72. The van der Waals surface area contributed by atoms with Crippen LogP contribution in [0.25, 0.3) is 10.4 Å². The first-order valence-corrected chi connectivity index (χ1v) is 6.34.